The van der Waals surface area contributed by atoms with Gasteiger partial charge in [-0.05, 0) is 35.5 Å². The molecule has 0 aromatic carbocycles. The molecular weight excluding hydrogens is 332 g/mol. The number of likely N-dealkylation sites (tertiary alicyclic amines) is 1. The molecule has 3 rings (SSSR count). The third-order valence-electron chi connectivity index (χ3n) is 5.87. The number of carbonyl (C=O) groups excluding carboxylic acids is 2. The van der Waals surface area contributed by atoms with E-state index in [0.717, 1.165) is 25.1 Å². The second kappa shape index (κ2) is 6.17. The van der Waals surface area contributed by atoms with Crippen LogP contribution in [0.2, 0.25) is 0 Å². The van der Waals surface area contributed by atoms with Crippen LogP contribution in [-0.2, 0) is 9.59 Å². The van der Waals surface area contributed by atoms with Crippen LogP contribution < -0.4 is 0 Å². The van der Waals surface area contributed by atoms with Crippen LogP contribution in [0.15, 0.2) is 0 Å². The van der Waals surface area contributed by atoms with E-state index >= 15 is 0 Å². The first-order valence-electron chi connectivity index (χ1n) is 9.57. The minimum absolute atomic E-state index is 0.0420. The fourth-order valence-corrected chi connectivity index (χ4v) is 6.53. The van der Waals surface area contributed by atoms with Crippen LogP contribution in [0, 0.1) is 16.2 Å². The molecule has 3 aliphatic rings. The van der Waals surface area contributed by atoms with Crippen LogP contribution in [0.5, 0.6) is 0 Å². The SMILES string of the molecule is CC(C)(C)CC(=O)N1CSCC1C(=O)N1CC2(C)CC1CC(C)(C)C2. The summed E-state index contributed by atoms with van der Waals surface area (Å²) in [6.07, 6.45) is 3.90. The molecule has 0 aromatic heterocycles. The summed E-state index contributed by atoms with van der Waals surface area (Å²) in [6.45, 7) is 14.1. The van der Waals surface area contributed by atoms with E-state index in [0.29, 0.717) is 23.8 Å². The standard InChI is InChI=1S/C20H34N2O2S/c1-18(2,3)9-16(23)22-13-25-10-15(22)17(24)21-12-20(6)8-14(21)7-19(4,5)11-20/h14-15H,7-13H2,1-6H3. The minimum atomic E-state index is -0.258. The van der Waals surface area contributed by atoms with Gasteiger partial charge in [-0.2, -0.15) is 0 Å². The van der Waals surface area contributed by atoms with Gasteiger partial charge in [0.1, 0.15) is 6.04 Å². The first-order chi connectivity index (χ1) is 11.4. The average molecular weight is 367 g/mol. The molecule has 1 saturated carbocycles. The molecule has 0 spiro atoms. The summed E-state index contributed by atoms with van der Waals surface area (Å²) in [5, 5.41) is 0. The lowest BCUT2D eigenvalue weighted by Crippen LogP contribution is -2.51. The average Bonchev–Trinajstić information content (AvgIpc) is 2.97. The third kappa shape index (κ3) is 4.01. The van der Waals surface area contributed by atoms with E-state index in [1.54, 1.807) is 11.8 Å². The second-order valence-corrected chi connectivity index (χ2v) is 11.8. The number of hydrogen-bond donors (Lipinski definition) is 0. The van der Waals surface area contributed by atoms with E-state index in [1.807, 2.05) is 4.90 Å². The fourth-order valence-electron chi connectivity index (χ4n) is 5.36. The topological polar surface area (TPSA) is 40.6 Å². The van der Waals surface area contributed by atoms with Gasteiger partial charge in [0.2, 0.25) is 11.8 Å². The molecule has 2 amide bonds. The number of carbonyl (C=O) groups is 2. The molecule has 2 heterocycles. The van der Waals surface area contributed by atoms with Crippen molar-refractivity contribution in [3.63, 3.8) is 0 Å². The van der Waals surface area contributed by atoms with E-state index in [9.17, 15) is 9.59 Å². The molecule has 1 aliphatic carbocycles. The quantitative estimate of drug-likeness (QED) is 0.747. The van der Waals surface area contributed by atoms with Crippen LogP contribution in [0.3, 0.4) is 0 Å². The molecule has 3 unspecified atom stereocenters. The molecule has 142 valence electrons. The molecule has 2 aliphatic heterocycles. The van der Waals surface area contributed by atoms with Crippen LogP contribution in [0.25, 0.3) is 0 Å². The van der Waals surface area contributed by atoms with E-state index in [1.165, 1.54) is 6.42 Å². The molecule has 2 bridgehead atoms. The Morgan fingerprint density at radius 1 is 1.12 bits per heavy atom. The highest BCUT2D eigenvalue weighted by Crippen LogP contribution is 2.52. The van der Waals surface area contributed by atoms with Gasteiger partial charge >= 0.3 is 0 Å². The van der Waals surface area contributed by atoms with Crippen LogP contribution >= 0.6 is 11.8 Å². The molecule has 0 aromatic rings. The normalized spacial score (nSPS) is 34.5. The third-order valence-corrected chi connectivity index (χ3v) is 6.88. The highest BCUT2D eigenvalue weighted by Gasteiger charge is 2.52. The van der Waals surface area contributed by atoms with Crippen molar-refractivity contribution >= 4 is 23.6 Å². The zero-order chi connectivity index (χ0) is 18.6. The van der Waals surface area contributed by atoms with Gasteiger partial charge in [0.25, 0.3) is 0 Å². The second-order valence-electron chi connectivity index (χ2n) is 10.8. The summed E-state index contributed by atoms with van der Waals surface area (Å²) in [5.41, 5.74) is 0.507. The lowest BCUT2D eigenvalue weighted by Gasteiger charge is -2.39. The zero-order valence-corrected chi connectivity index (χ0v) is 17.5. The summed E-state index contributed by atoms with van der Waals surface area (Å²) in [4.78, 5) is 30.0. The van der Waals surface area contributed by atoms with Gasteiger partial charge in [0.05, 0.1) is 5.88 Å². The van der Waals surface area contributed by atoms with Crippen molar-refractivity contribution in [1.82, 2.24) is 9.80 Å². The highest BCUT2D eigenvalue weighted by atomic mass is 32.2. The molecular formula is C20H34N2O2S. The van der Waals surface area contributed by atoms with Gasteiger partial charge in [0, 0.05) is 24.8 Å². The molecule has 2 saturated heterocycles. The largest absolute Gasteiger partial charge is 0.337 e. The Hall–Kier alpha value is -0.710. The Labute approximate surface area is 157 Å². The van der Waals surface area contributed by atoms with E-state index in [-0.39, 0.29) is 28.7 Å². The Balaban J connectivity index is 1.73. The zero-order valence-electron chi connectivity index (χ0n) is 16.7. The maximum absolute atomic E-state index is 13.3. The summed E-state index contributed by atoms with van der Waals surface area (Å²) >= 11 is 1.71. The minimum Gasteiger partial charge on any atom is -0.337 e. The maximum atomic E-state index is 13.3. The molecule has 25 heavy (non-hydrogen) atoms. The van der Waals surface area contributed by atoms with E-state index in [2.05, 4.69) is 46.4 Å². The lowest BCUT2D eigenvalue weighted by atomic mass is 9.65. The lowest BCUT2D eigenvalue weighted by molar-refractivity contribution is -0.145. The van der Waals surface area contributed by atoms with Crippen molar-refractivity contribution in [2.75, 3.05) is 18.2 Å². The first kappa shape index (κ1) is 19.1. The number of rotatable bonds is 2. The number of thioether (sulfide) groups is 1. The summed E-state index contributed by atoms with van der Waals surface area (Å²) in [6, 6.07) is 0.0948. The van der Waals surface area contributed by atoms with Gasteiger partial charge in [-0.1, -0.05) is 41.5 Å². The van der Waals surface area contributed by atoms with Crippen LogP contribution in [0.4, 0.5) is 0 Å². The Morgan fingerprint density at radius 2 is 1.80 bits per heavy atom. The van der Waals surface area contributed by atoms with Gasteiger partial charge in [-0.15, -0.1) is 11.8 Å². The highest BCUT2D eigenvalue weighted by molar-refractivity contribution is 7.99. The number of amides is 2. The number of hydrogen-bond acceptors (Lipinski definition) is 3. The fraction of sp³-hybridized carbons (Fsp3) is 0.900. The predicted octanol–water partition coefficient (Wildman–Crippen LogP) is 3.75. The van der Waals surface area contributed by atoms with Gasteiger partial charge in [-0.25, -0.2) is 0 Å². The van der Waals surface area contributed by atoms with Gasteiger partial charge in [0.15, 0.2) is 0 Å². The van der Waals surface area contributed by atoms with Crippen molar-refractivity contribution in [2.45, 2.75) is 79.3 Å². The summed E-state index contributed by atoms with van der Waals surface area (Å²) in [7, 11) is 0. The maximum Gasteiger partial charge on any atom is 0.246 e. The Morgan fingerprint density at radius 3 is 2.44 bits per heavy atom. The molecule has 3 fully saturated rings. The molecule has 0 radical (unpaired) electrons. The van der Waals surface area contributed by atoms with Crippen molar-refractivity contribution in [3.8, 4) is 0 Å². The van der Waals surface area contributed by atoms with Crippen LogP contribution in [0.1, 0.15) is 67.2 Å². The predicted molar refractivity (Wildman–Crippen MR) is 103 cm³/mol. The molecule has 3 atom stereocenters. The van der Waals surface area contributed by atoms with Crippen LogP contribution in [-0.4, -0.2) is 51.9 Å². The monoisotopic (exact) mass is 366 g/mol. The van der Waals surface area contributed by atoms with Gasteiger partial charge in [-0.3, -0.25) is 9.59 Å². The Bertz CT molecular complexity index is 569. The summed E-state index contributed by atoms with van der Waals surface area (Å²) in [5.74, 6) is 1.73. The molecule has 0 N–H and O–H groups in total. The van der Waals surface area contributed by atoms with Crippen molar-refractivity contribution in [2.24, 2.45) is 16.2 Å². The Kier molecular flexibility index (Phi) is 4.71. The van der Waals surface area contributed by atoms with Crippen molar-refractivity contribution < 1.29 is 9.59 Å². The van der Waals surface area contributed by atoms with Gasteiger partial charge < -0.3 is 9.80 Å². The molecule has 5 heteroatoms. The number of fused-ring (bicyclic) bond motifs is 2. The van der Waals surface area contributed by atoms with E-state index in [4.69, 9.17) is 0 Å². The molecule has 4 nitrogen and oxygen atoms in total. The number of nitrogens with zero attached hydrogens (tertiary/aromatic N) is 2. The summed E-state index contributed by atoms with van der Waals surface area (Å²) < 4.78 is 0. The van der Waals surface area contributed by atoms with Crippen molar-refractivity contribution in [1.29, 1.82) is 0 Å². The van der Waals surface area contributed by atoms with E-state index < -0.39 is 0 Å². The first-order valence-corrected chi connectivity index (χ1v) is 10.7. The van der Waals surface area contributed by atoms with Crippen molar-refractivity contribution in [3.05, 3.63) is 0 Å². The smallest absolute Gasteiger partial charge is 0.246 e.